The van der Waals surface area contributed by atoms with E-state index in [2.05, 4.69) is 20.6 Å². The van der Waals surface area contributed by atoms with E-state index in [0.717, 1.165) is 5.56 Å². The van der Waals surface area contributed by atoms with Gasteiger partial charge in [0.25, 0.3) is 5.91 Å². The number of carbonyl (C=O) groups excluding carboxylic acids is 1. The van der Waals surface area contributed by atoms with Gasteiger partial charge < -0.3 is 4.74 Å². The van der Waals surface area contributed by atoms with Crippen molar-refractivity contribution < 1.29 is 9.53 Å². The maximum atomic E-state index is 12.4. The zero-order valence-corrected chi connectivity index (χ0v) is 15.1. The minimum Gasteiger partial charge on any atom is -0.496 e. The number of methoxy groups -OCH3 is 1. The molecule has 2 aromatic carbocycles. The van der Waals surface area contributed by atoms with E-state index in [1.165, 1.54) is 11.3 Å². The molecule has 0 saturated heterocycles. The van der Waals surface area contributed by atoms with Crippen molar-refractivity contribution in [1.82, 2.24) is 19.8 Å². The van der Waals surface area contributed by atoms with Crippen molar-refractivity contribution in [1.29, 1.82) is 0 Å². The number of halogens is 1. The summed E-state index contributed by atoms with van der Waals surface area (Å²) in [5.41, 5.74) is 1.22. The highest BCUT2D eigenvalue weighted by Crippen LogP contribution is 2.30. The lowest BCUT2D eigenvalue weighted by Crippen LogP contribution is -2.11. The lowest BCUT2D eigenvalue weighted by Gasteiger charge is -2.05. The zero-order valence-electron chi connectivity index (χ0n) is 13.5. The van der Waals surface area contributed by atoms with E-state index in [9.17, 15) is 4.79 Å². The normalized spacial score (nSPS) is 10.8. The van der Waals surface area contributed by atoms with Crippen LogP contribution < -0.4 is 10.1 Å². The number of amides is 1. The van der Waals surface area contributed by atoms with Crippen molar-refractivity contribution in [2.24, 2.45) is 0 Å². The third-order valence-electron chi connectivity index (χ3n) is 3.65. The monoisotopic (exact) mass is 385 g/mol. The first kappa shape index (κ1) is 16.5. The summed E-state index contributed by atoms with van der Waals surface area (Å²) in [5, 5.41) is 16.4. The molecule has 2 heterocycles. The van der Waals surface area contributed by atoms with Gasteiger partial charge in [0.15, 0.2) is 5.82 Å². The summed E-state index contributed by atoms with van der Waals surface area (Å²) in [6.45, 7) is 0. The van der Waals surface area contributed by atoms with E-state index in [1.54, 1.807) is 35.9 Å². The number of anilines is 1. The Morgan fingerprint density at radius 1 is 1.19 bits per heavy atom. The van der Waals surface area contributed by atoms with E-state index in [1.807, 2.05) is 24.3 Å². The molecule has 26 heavy (non-hydrogen) atoms. The van der Waals surface area contributed by atoms with Crippen LogP contribution in [0.4, 0.5) is 5.13 Å². The number of nitrogens with one attached hydrogen (secondary N) is 1. The van der Waals surface area contributed by atoms with Gasteiger partial charge in [-0.3, -0.25) is 10.1 Å². The SMILES string of the molecule is COc1ccccc1-c1nnc2sc(NC(=O)c3cccc(Cl)c3)nn12. The Labute approximate surface area is 157 Å². The molecule has 0 aliphatic rings. The fraction of sp³-hybridized carbons (Fsp3) is 0.0588. The van der Waals surface area contributed by atoms with Crippen LogP contribution in [-0.4, -0.2) is 32.8 Å². The first-order chi connectivity index (χ1) is 12.7. The van der Waals surface area contributed by atoms with Crippen LogP contribution in [0.2, 0.25) is 5.02 Å². The van der Waals surface area contributed by atoms with Gasteiger partial charge in [0.05, 0.1) is 12.7 Å². The molecule has 0 atom stereocenters. The van der Waals surface area contributed by atoms with Crippen LogP contribution in [0, 0.1) is 0 Å². The van der Waals surface area contributed by atoms with Gasteiger partial charge in [-0.25, -0.2) is 0 Å². The van der Waals surface area contributed by atoms with Gasteiger partial charge in [-0.05, 0) is 30.3 Å². The molecular formula is C17H12ClN5O2S. The Hall–Kier alpha value is -2.97. The van der Waals surface area contributed by atoms with Gasteiger partial charge in [0.1, 0.15) is 5.75 Å². The van der Waals surface area contributed by atoms with E-state index >= 15 is 0 Å². The van der Waals surface area contributed by atoms with Gasteiger partial charge >= 0.3 is 0 Å². The second-order valence-corrected chi connectivity index (χ2v) is 6.68. The minimum atomic E-state index is -0.295. The Morgan fingerprint density at radius 3 is 2.85 bits per heavy atom. The largest absolute Gasteiger partial charge is 0.496 e. The van der Waals surface area contributed by atoms with Crippen molar-refractivity contribution in [2.45, 2.75) is 0 Å². The molecule has 1 N–H and O–H groups in total. The Bertz CT molecular complexity index is 1110. The average molecular weight is 386 g/mol. The number of hydrogen-bond acceptors (Lipinski definition) is 6. The fourth-order valence-corrected chi connectivity index (χ4v) is 3.39. The number of rotatable bonds is 4. The lowest BCUT2D eigenvalue weighted by molar-refractivity contribution is 0.102. The van der Waals surface area contributed by atoms with Crippen molar-refractivity contribution in [3.05, 3.63) is 59.1 Å². The highest BCUT2D eigenvalue weighted by Gasteiger charge is 2.17. The fourth-order valence-electron chi connectivity index (χ4n) is 2.46. The Kier molecular flexibility index (Phi) is 4.27. The van der Waals surface area contributed by atoms with Crippen LogP contribution in [0.25, 0.3) is 16.3 Å². The molecule has 4 aromatic rings. The Balaban J connectivity index is 1.67. The molecule has 0 unspecified atom stereocenters. The van der Waals surface area contributed by atoms with Crippen molar-refractivity contribution in [3.8, 4) is 17.1 Å². The molecule has 9 heteroatoms. The van der Waals surface area contributed by atoms with Crippen molar-refractivity contribution >= 4 is 38.9 Å². The predicted molar refractivity (Wildman–Crippen MR) is 100 cm³/mol. The van der Waals surface area contributed by atoms with E-state index in [-0.39, 0.29) is 5.91 Å². The highest BCUT2D eigenvalue weighted by atomic mass is 35.5. The zero-order chi connectivity index (χ0) is 18.1. The summed E-state index contributed by atoms with van der Waals surface area (Å²) >= 11 is 7.15. The summed E-state index contributed by atoms with van der Waals surface area (Å²) in [4.78, 5) is 12.9. The van der Waals surface area contributed by atoms with Gasteiger partial charge in [0, 0.05) is 10.6 Å². The summed E-state index contributed by atoms with van der Waals surface area (Å²) in [5.74, 6) is 0.910. The van der Waals surface area contributed by atoms with Crippen molar-refractivity contribution in [2.75, 3.05) is 12.4 Å². The maximum absolute atomic E-state index is 12.4. The topological polar surface area (TPSA) is 81.4 Å². The number of aromatic nitrogens is 4. The predicted octanol–water partition coefficient (Wildman–Crippen LogP) is 3.77. The van der Waals surface area contributed by atoms with Gasteiger partial charge in [-0.2, -0.15) is 4.52 Å². The standard InChI is InChI=1S/C17H12ClN5O2S/c1-25-13-8-3-2-7-12(13)14-20-21-17-23(14)22-16(26-17)19-15(24)10-5-4-6-11(18)9-10/h2-9H,1H3,(H,19,22,24). The number of ether oxygens (including phenoxy) is 1. The molecule has 0 bridgehead atoms. The average Bonchev–Trinajstić information content (AvgIpc) is 3.21. The molecule has 0 spiro atoms. The van der Waals surface area contributed by atoms with E-state index in [4.69, 9.17) is 16.3 Å². The smallest absolute Gasteiger partial charge is 0.257 e. The number of nitrogens with zero attached hydrogens (tertiary/aromatic N) is 4. The molecule has 0 saturated carbocycles. The minimum absolute atomic E-state index is 0.295. The molecule has 0 aliphatic carbocycles. The molecule has 0 fully saturated rings. The van der Waals surface area contributed by atoms with Gasteiger partial charge in [0.2, 0.25) is 10.1 Å². The number of fused-ring (bicyclic) bond motifs is 1. The molecule has 4 rings (SSSR count). The van der Waals surface area contributed by atoms with Crippen LogP contribution in [0.1, 0.15) is 10.4 Å². The quantitative estimate of drug-likeness (QED) is 0.578. The summed E-state index contributed by atoms with van der Waals surface area (Å²) in [6.07, 6.45) is 0. The van der Waals surface area contributed by atoms with Crippen molar-refractivity contribution in [3.63, 3.8) is 0 Å². The van der Waals surface area contributed by atoms with Crippen LogP contribution in [0.15, 0.2) is 48.5 Å². The molecule has 130 valence electrons. The van der Waals surface area contributed by atoms with Crippen LogP contribution in [-0.2, 0) is 0 Å². The highest BCUT2D eigenvalue weighted by molar-refractivity contribution is 7.20. The first-order valence-corrected chi connectivity index (χ1v) is 8.77. The number of hydrogen-bond donors (Lipinski definition) is 1. The van der Waals surface area contributed by atoms with Gasteiger partial charge in [-0.15, -0.1) is 15.3 Å². The molecule has 7 nitrogen and oxygen atoms in total. The van der Waals surface area contributed by atoms with Crippen LogP contribution in [0.5, 0.6) is 5.75 Å². The van der Waals surface area contributed by atoms with Crippen LogP contribution in [0.3, 0.4) is 0 Å². The second kappa shape index (κ2) is 6.74. The van der Waals surface area contributed by atoms with E-state index < -0.39 is 0 Å². The summed E-state index contributed by atoms with van der Waals surface area (Å²) in [6, 6.07) is 14.2. The lowest BCUT2D eigenvalue weighted by atomic mass is 10.2. The summed E-state index contributed by atoms with van der Waals surface area (Å²) < 4.78 is 6.95. The maximum Gasteiger partial charge on any atom is 0.257 e. The third-order valence-corrected chi connectivity index (χ3v) is 4.70. The Morgan fingerprint density at radius 2 is 2.04 bits per heavy atom. The van der Waals surface area contributed by atoms with E-state index in [0.29, 0.717) is 32.3 Å². The molecule has 0 aliphatic heterocycles. The van der Waals surface area contributed by atoms with Gasteiger partial charge in [-0.1, -0.05) is 41.1 Å². The molecule has 0 radical (unpaired) electrons. The third kappa shape index (κ3) is 3.00. The number of carbonyl (C=O) groups is 1. The molecular weight excluding hydrogens is 374 g/mol. The number of para-hydroxylation sites is 1. The summed E-state index contributed by atoms with van der Waals surface area (Å²) in [7, 11) is 1.59. The van der Waals surface area contributed by atoms with Crippen LogP contribution >= 0.6 is 22.9 Å². The first-order valence-electron chi connectivity index (χ1n) is 7.58. The number of benzene rings is 2. The second-order valence-electron chi connectivity index (χ2n) is 5.29. The molecule has 1 amide bonds. The molecule has 2 aromatic heterocycles.